The van der Waals surface area contributed by atoms with E-state index in [1.165, 1.54) is 0 Å². The van der Waals surface area contributed by atoms with Crippen LogP contribution in [-0.2, 0) is 11.2 Å². The van der Waals surface area contributed by atoms with Gasteiger partial charge in [-0.1, -0.05) is 44.9 Å². The Morgan fingerprint density at radius 1 is 1.29 bits per heavy atom. The number of H-pyrrole nitrogens is 1. The van der Waals surface area contributed by atoms with Gasteiger partial charge in [-0.15, -0.1) is 0 Å². The van der Waals surface area contributed by atoms with Crippen LogP contribution in [0.25, 0.3) is 10.9 Å². The number of hydrogen-bond donors (Lipinski definition) is 3. The van der Waals surface area contributed by atoms with Gasteiger partial charge in [0.25, 0.3) is 0 Å². The van der Waals surface area contributed by atoms with Crippen molar-refractivity contribution in [1.29, 1.82) is 0 Å². The highest BCUT2D eigenvalue weighted by Gasteiger charge is 2.18. The maximum absolute atomic E-state index is 11.7. The van der Waals surface area contributed by atoms with Crippen LogP contribution in [0.4, 0.5) is 0 Å². The molecule has 1 heterocycles. The first kappa shape index (κ1) is 15.6. The van der Waals surface area contributed by atoms with E-state index in [4.69, 9.17) is 5.73 Å². The van der Waals surface area contributed by atoms with Crippen LogP contribution in [0.2, 0.25) is 0 Å². The lowest BCUT2D eigenvalue weighted by atomic mass is 10.0. The number of benzene rings is 1. The number of nitrogens with two attached hydrogens (primary N) is 1. The standard InChI is InChI=1S/C17H25N3O/c1-3-12(4-2)10-19-16(17(18)21)9-13-11-20-15-8-6-5-7-14(13)15/h5-8,11-12,16,19-20H,3-4,9-10H2,1-2H3,(H2,18,21). The Labute approximate surface area is 126 Å². The van der Waals surface area contributed by atoms with E-state index in [2.05, 4.69) is 30.2 Å². The van der Waals surface area contributed by atoms with Crippen molar-refractivity contribution in [3.8, 4) is 0 Å². The van der Waals surface area contributed by atoms with Crippen LogP contribution < -0.4 is 11.1 Å². The monoisotopic (exact) mass is 287 g/mol. The molecule has 114 valence electrons. The van der Waals surface area contributed by atoms with Crippen LogP contribution in [0.15, 0.2) is 30.5 Å². The van der Waals surface area contributed by atoms with E-state index in [0.29, 0.717) is 12.3 Å². The molecule has 4 heteroatoms. The lowest BCUT2D eigenvalue weighted by Crippen LogP contribution is -2.44. The fourth-order valence-corrected chi connectivity index (χ4v) is 2.68. The van der Waals surface area contributed by atoms with Gasteiger partial charge in [0.2, 0.25) is 5.91 Å². The number of para-hydroxylation sites is 1. The maximum atomic E-state index is 11.7. The summed E-state index contributed by atoms with van der Waals surface area (Å²) >= 11 is 0. The number of nitrogens with one attached hydrogen (secondary N) is 2. The van der Waals surface area contributed by atoms with Gasteiger partial charge in [0.1, 0.15) is 0 Å². The summed E-state index contributed by atoms with van der Waals surface area (Å²) < 4.78 is 0. The molecule has 0 fully saturated rings. The van der Waals surface area contributed by atoms with Crippen LogP contribution >= 0.6 is 0 Å². The second-order valence-electron chi connectivity index (χ2n) is 5.61. The van der Waals surface area contributed by atoms with E-state index >= 15 is 0 Å². The largest absolute Gasteiger partial charge is 0.368 e. The Kier molecular flexibility index (Phi) is 5.39. The fourth-order valence-electron chi connectivity index (χ4n) is 2.68. The van der Waals surface area contributed by atoms with Crippen molar-refractivity contribution in [2.24, 2.45) is 11.7 Å². The number of primary amides is 1. The molecule has 21 heavy (non-hydrogen) atoms. The minimum atomic E-state index is -0.315. The van der Waals surface area contributed by atoms with Crippen LogP contribution in [0.1, 0.15) is 32.3 Å². The van der Waals surface area contributed by atoms with Gasteiger partial charge in [-0.25, -0.2) is 0 Å². The summed E-state index contributed by atoms with van der Waals surface area (Å²) in [5.74, 6) is 0.307. The third-order valence-corrected chi connectivity index (χ3v) is 4.25. The minimum absolute atomic E-state index is 0.286. The minimum Gasteiger partial charge on any atom is -0.368 e. The molecule has 1 aromatic heterocycles. The van der Waals surface area contributed by atoms with Gasteiger partial charge in [0.15, 0.2) is 0 Å². The Morgan fingerprint density at radius 2 is 2.00 bits per heavy atom. The maximum Gasteiger partial charge on any atom is 0.234 e. The summed E-state index contributed by atoms with van der Waals surface area (Å²) in [5.41, 5.74) is 7.78. The van der Waals surface area contributed by atoms with E-state index in [1.807, 2.05) is 24.4 Å². The SMILES string of the molecule is CCC(CC)CNC(Cc1c[nH]c2ccccc12)C(N)=O. The molecule has 4 nitrogen and oxygen atoms in total. The molecule has 4 N–H and O–H groups in total. The summed E-state index contributed by atoms with van der Waals surface area (Å²) in [4.78, 5) is 14.9. The van der Waals surface area contributed by atoms with Crippen LogP contribution in [0.5, 0.6) is 0 Å². The summed E-state index contributed by atoms with van der Waals surface area (Å²) in [7, 11) is 0. The molecule has 0 aliphatic carbocycles. The molecule has 1 aromatic carbocycles. The van der Waals surface area contributed by atoms with Crippen LogP contribution in [0, 0.1) is 5.92 Å². The normalized spacial score (nSPS) is 12.9. The Balaban J connectivity index is 2.07. The summed E-state index contributed by atoms with van der Waals surface area (Å²) in [5, 5.41) is 4.50. The van der Waals surface area contributed by atoms with Gasteiger partial charge in [0.05, 0.1) is 6.04 Å². The number of carbonyl (C=O) groups excluding carboxylic acids is 1. The molecule has 0 aliphatic heterocycles. The second-order valence-corrected chi connectivity index (χ2v) is 5.61. The van der Waals surface area contributed by atoms with Crippen molar-refractivity contribution < 1.29 is 4.79 Å². The first-order chi connectivity index (χ1) is 10.2. The summed E-state index contributed by atoms with van der Waals surface area (Å²) in [6.07, 6.45) is 4.82. The Morgan fingerprint density at radius 3 is 2.67 bits per heavy atom. The zero-order valence-corrected chi connectivity index (χ0v) is 12.9. The molecule has 1 atom stereocenters. The van der Waals surface area contributed by atoms with E-state index < -0.39 is 0 Å². The zero-order valence-electron chi connectivity index (χ0n) is 12.9. The molecule has 0 bridgehead atoms. The zero-order chi connectivity index (χ0) is 15.2. The molecule has 0 saturated carbocycles. The van der Waals surface area contributed by atoms with Gasteiger partial charge in [0, 0.05) is 17.1 Å². The average molecular weight is 287 g/mol. The fraction of sp³-hybridized carbons (Fsp3) is 0.471. The van der Waals surface area contributed by atoms with Crippen molar-refractivity contribution >= 4 is 16.8 Å². The lowest BCUT2D eigenvalue weighted by Gasteiger charge is -2.19. The summed E-state index contributed by atoms with van der Waals surface area (Å²) in [6.45, 7) is 5.19. The third kappa shape index (κ3) is 3.85. The third-order valence-electron chi connectivity index (χ3n) is 4.25. The molecule has 0 spiro atoms. The van der Waals surface area contributed by atoms with Gasteiger partial charge in [-0.3, -0.25) is 4.79 Å². The topological polar surface area (TPSA) is 70.9 Å². The van der Waals surface area contributed by atoms with Gasteiger partial charge in [-0.2, -0.15) is 0 Å². The molecule has 2 rings (SSSR count). The summed E-state index contributed by atoms with van der Waals surface area (Å²) in [6, 6.07) is 7.80. The van der Waals surface area contributed by atoms with Crippen molar-refractivity contribution in [2.45, 2.75) is 39.2 Å². The molecule has 2 aromatic rings. The Bertz CT molecular complexity index is 586. The molecule has 0 radical (unpaired) electrons. The quantitative estimate of drug-likeness (QED) is 0.698. The van der Waals surface area contributed by atoms with E-state index in [1.54, 1.807) is 0 Å². The number of hydrogen-bond acceptors (Lipinski definition) is 2. The number of amides is 1. The first-order valence-corrected chi connectivity index (χ1v) is 7.73. The molecular weight excluding hydrogens is 262 g/mol. The molecular formula is C17H25N3O. The van der Waals surface area contributed by atoms with Crippen molar-refractivity contribution in [3.05, 3.63) is 36.0 Å². The van der Waals surface area contributed by atoms with Gasteiger partial charge >= 0.3 is 0 Å². The highest BCUT2D eigenvalue weighted by molar-refractivity contribution is 5.85. The second kappa shape index (κ2) is 7.27. The predicted octanol–water partition coefficient (Wildman–Crippen LogP) is 2.59. The van der Waals surface area contributed by atoms with Gasteiger partial charge in [-0.05, 0) is 30.5 Å². The highest BCUT2D eigenvalue weighted by atomic mass is 16.1. The van der Waals surface area contributed by atoms with Crippen molar-refractivity contribution in [2.75, 3.05) is 6.54 Å². The number of aromatic amines is 1. The average Bonchev–Trinajstić information content (AvgIpc) is 2.90. The van der Waals surface area contributed by atoms with Crippen LogP contribution in [0.3, 0.4) is 0 Å². The smallest absolute Gasteiger partial charge is 0.234 e. The van der Waals surface area contributed by atoms with E-state index in [0.717, 1.165) is 35.9 Å². The number of fused-ring (bicyclic) bond motifs is 1. The van der Waals surface area contributed by atoms with E-state index in [-0.39, 0.29) is 11.9 Å². The predicted molar refractivity (Wildman–Crippen MR) is 87.1 cm³/mol. The first-order valence-electron chi connectivity index (χ1n) is 7.73. The molecule has 0 saturated heterocycles. The lowest BCUT2D eigenvalue weighted by molar-refractivity contribution is -0.120. The number of aromatic nitrogens is 1. The van der Waals surface area contributed by atoms with Crippen molar-refractivity contribution in [3.63, 3.8) is 0 Å². The molecule has 1 amide bonds. The van der Waals surface area contributed by atoms with Crippen molar-refractivity contribution in [1.82, 2.24) is 10.3 Å². The van der Waals surface area contributed by atoms with E-state index in [9.17, 15) is 4.79 Å². The molecule has 0 aliphatic rings. The Hall–Kier alpha value is -1.81. The number of carbonyl (C=O) groups is 1. The highest BCUT2D eigenvalue weighted by Crippen LogP contribution is 2.19. The van der Waals surface area contributed by atoms with Crippen LogP contribution in [-0.4, -0.2) is 23.5 Å². The molecule has 1 unspecified atom stereocenters. The van der Waals surface area contributed by atoms with Gasteiger partial charge < -0.3 is 16.0 Å². The number of rotatable bonds is 8.